The number of nitrogens with one attached hydrogen (secondary N) is 1. The molecule has 0 aliphatic carbocycles. The summed E-state index contributed by atoms with van der Waals surface area (Å²) >= 11 is 1.54. The lowest BCUT2D eigenvalue weighted by molar-refractivity contribution is -0.120. The first-order chi connectivity index (χ1) is 6.16. The first kappa shape index (κ1) is 8.83. The fraction of sp³-hybridized carbons (Fsp3) is 0.714. The Morgan fingerprint density at radius 3 is 3.15 bits per heavy atom. The molecule has 0 radical (unpaired) electrons. The number of nitrogens with zero attached hydrogens (tertiary/aromatic N) is 1. The smallest absolute Gasteiger partial charge is 0.405 e. The van der Waals surface area contributed by atoms with Gasteiger partial charge in [-0.05, 0) is 6.42 Å². The SMILES string of the molecule is O=C(O)N[C@H]1CN2CCC(S2)C1=O. The Balaban J connectivity index is 2.04. The van der Waals surface area contributed by atoms with Crippen LogP contribution in [0, 0.1) is 0 Å². The van der Waals surface area contributed by atoms with E-state index in [9.17, 15) is 9.59 Å². The zero-order valence-electron chi connectivity index (χ0n) is 6.90. The molecule has 2 aliphatic rings. The molecule has 2 aliphatic heterocycles. The second-order valence-corrected chi connectivity index (χ2v) is 4.47. The minimum absolute atomic E-state index is 0.0226. The fourth-order valence-corrected chi connectivity index (χ4v) is 2.94. The summed E-state index contributed by atoms with van der Waals surface area (Å²) in [6, 6.07) is -0.522. The van der Waals surface area contributed by atoms with Crippen molar-refractivity contribution in [3.63, 3.8) is 0 Å². The molecule has 0 saturated carbocycles. The number of amides is 1. The highest BCUT2D eigenvalue weighted by molar-refractivity contribution is 7.98. The average Bonchev–Trinajstić information content (AvgIpc) is 2.44. The molecule has 2 rings (SSSR count). The standard InChI is InChI=1S/C7H10N2O3S/c10-6-4(8-7(11)12)3-9-2-1-5(6)13-9/h4-5,8H,1-3H2,(H,11,12)/t4-,5?/m0/s1. The molecule has 2 unspecified atom stereocenters. The first-order valence-corrected chi connectivity index (χ1v) is 4.95. The van der Waals surface area contributed by atoms with E-state index in [0.717, 1.165) is 13.0 Å². The second-order valence-electron chi connectivity index (χ2n) is 3.18. The summed E-state index contributed by atoms with van der Waals surface area (Å²) in [5, 5.41) is 10.7. The van der Waals surface area contributed by atoms with Gasteiger partial charge >= 0.3 is 6.09 Å². The van der Waals surface area contributed by atoms with Gasteiger partial charge in [0, 0.05) is 13.1 Å². The summed E-state index contributed by atoms with van der Waals surface area (Å²) in [6.07, 6.45) is -0.271. The third kappa shape index (κ3) is 1.64. The normalized spacial score (nSPS) is 37.5. The van der Waals surface area contributed by atoms with Crippen LogP contribution in [0.4, 0.5) is 4.79 Å². The van der Waals surface area contributed by atoms with E-state index >= 15 is 0 Å². The van der Waals surface area contributed by atoms with Gasteiger partial charge in [-0.25, -0.2) is 9.10 Å². The highest BCUT2D eigenvalue weighted by Gasteiger charge is 2.41. The van der Waals surface area contributed by atoms with Gasteiger partial charge in [0.05, 0.1) is 5.25 Å². The lowest BCUT2D eigenvalue weighted by Crippen LogP contribution is -2.50. The molecule has 1 amide bonds. The highest BCUT2D eigenvalue weighted by atomic mass is 32.2. The zero-order chi connectivity index (χ0) is 9.42. The number of ketones is 1. The van der Waals surface area contributed by atoms with E-state index < -0.39 is 12.1 Å². The van der Waals surface area contributed by atoms with Crippen LogP contribution in [0.15, 0.2) is 0 Å². The second kappa shape index (κ2) is 3.19. The maximum absolute atomic E-state index is 11.5. The summed E-state index contributed by atoms with van der Waals surface area (Å²) in [6.45, 7) is 1.39. The van der Waals surface area contributed by atoms with E-state index in [1.54, 1.807) is 11.9 Å². The molecular formula is C7H10N2O3S. The number of hydrogen-bond acceptors (Lipinski definition) is 4. The maximum Gasteiger partial charge on any atom is 0.405 e. The van der Waals surface area contributed by atoms with Crippen molar-refractivity contribution in [3.05, 3.63) is 0 Å². The summed E-state index contributed by atoms with van der Waals surface area (Å²) in [7, 11) is 0. The van der Waals surface area contributed by atoms with Crippen LogP contribution in [0.5, 0.6) is 0 Å². The molecule has 72 valence electrons. The topological polar surface area (TPSA) is 69.6 Å². The molecule has 13 heavy (non-hydrogen) atoms. The fourth-order valence-electron chi connectivity index (χ4n) is 1.66. The van der Waals surface area contributed by atoms with Crippen LogP contribution in [0.25, 0.3) is 0 Å². The van der Waals surface area contributed by atoms with E-state index in [-0.39, 0.29) is 11.0 Å². The van der Waals surface area contributed by atoms with Gasteiger partial charge in [-0.3, -0.25) is 4.79 Å². The highest BCUT2D eigenvalue weighted by Crippen LogP contribution is 2.33. The Bertz CT molecular complexity index is 258. The predicted molar refractivity (Wildman–Crippen MR) is 47.5 cm³/mol. The minimum Gasteiger partial charge on any atom is -0.465 e. The molecule has 2 bridgehead atoms. The van der Waals surface area contributed by atoms with Gasteiger partial charge < -0.3 is 10.4 Å². The van der Waals surface area contributed by atoms with Crippen molar-refractivity contribution in [2.45, 2.75) is 17.7 Å². The van der Waals surface area contributed by atoms with Crippen LogP contribution >= 0.6 is 11.9 Å². The molecule has 2 fully saturated rings. The van der Waals surface area contributed by atoms with Crippen molar-refractivity contribution in [3.8, 4) is 0 Å². The first-order valence-electron chi connectivity index (χ1n) is 4.12. The van der Waals surface area contributed by atoms with E-state index in [1.165, 1.54) is 0 Å². The van der Waals surface area contributed by atoms with Crippen molar-refractivity contribution in [2.24, 2.45) is 0 Å². The third-order valence-electron chi connectivity index (χ3n) is 2.26. The maximum atomic E-state index is 11.5. The molecule has 0 aromatic carbocycles. The Hall–Kier alpha value is -0.750. The Kier molecular flexibility index (Phi) is 2.17. The van der Waals surface area contributed by atoms with Gasteiger partial charge in [0.15, 0.2) is 5.78 Å². The largest absolute Gasteiger partial charge is 0.465 e. The molecular weight excluding hydrogens is 192 g/mol. The number of carbonyl (C=O) groups excluding carboxylic acids is 1. The van der Waals surface area contributed by atoms with Crippen molar-refractivity contribution in [2.75, 3.05) is 13.1 Å². The van der Waals surface area contributed by atoms with Crippen molar-refractivity contribution < 1.29 is 14.7 Å². The van der Waals surface area contributed by atoms with Crippen molar-refractivity contribution in [1.29, 1.82) is 0 Å². The van der Waals surface area contributed by atoms with Crippen LogP contribution in [-0.2, 0) is 4.79 Å². The molecule has 0 spiro atoms. The zero-order valence-corrected chi connectivity index (χ0v) is 7.71. The molecule has 2 saturated heterocycles. The van der Waals surface area contributed by atoms with Crippen LogP contribution in [0.1, 0.15) is 6.42 Å². The van der Waals surface area contributed by atoms with Crippen molar-refractivity contribution in [1.82, 2.24) is 9.62 Å². The number of carbonyl (C=O) groups is 2. The molecule has 3 atom stereocenters. The Morgan fingerprint density at radius 2 is 2.46 bits per heavy atom. The number of fused-ring (bicyclic) bond motifs is 2. The number of hydrogen-bond donors (Lipinski definition) is 2. The van der Waals surface area contributed by atoms with Gasteiger partial charge in [0.2, 0.25) is 0 Å². The Labute approximate surface area is 79.6 Å². The third-order valence-corrected chi connectivity index (χ3v) is 3.61. The van der Waals surface area contributed by atoms with Crippen LogP contribution in [0.2, 0.25) is 0 Å². The molecule has 5 nitrogen and oxygen atoms in total. The monoisotopic (exact) mass is 202 g/mol. The van der Waals surface area contributed by atoms with Gasteiger partial charge in [-0.1, -0.05) is 11.9 Å². The van der Waals surface area contributed by atoms with E-state index in [1.807, 2.05) is 4.31 Å². The van der Waals surface area contributed by atoms with Crippen LogP contribution in [0.3, 0.4) is 0 Å². The van der Waals surface area contributed by atoms with E-state index in [4.69, 9.17) is 5.11 Å². The molecule has 6 heteroatoms. The van der Waals surface area contributed by atoms with E-state index in [2.05, 4.69) is 5.32 Å². The number of Topliss-reactive ketones (excluding diaryl/α,β-unsaturated/α-hetero) is 1. The molecule has 2 heterocycles. The number of rotatable bonds is 1. The lowest BCUT2D eigenvalue weighted by Gasteiger charge is -2.27. The average molecular weight is 202 g/mol. The molecule has 2 N–H and O–H groups in total. The van der Waals surface area contributed by atoms with Gasteiger partial charge in [0.1, 0.15) is 6.04 Å². The van der Waals surface area contributed by atoms with Gasteiger partial charge in [-0.2, -0.15) is 0 Å². The summed E-state index contributed by atoms with van der Waals surface area (Å²) in [5.74, 6) is 0.0288. The van der Waals surface area contributed by atoms with Gasteiger partial charge in [-0.15, -0.1) is 0 Å². The number of carboxylic acid groups (broad SMARTS) is 1. The quantitative estimate of drug-likeness (QED) is 0.582. The van der Waals surface area contributed by atoms with Crippen molar-refractivity contribution >= 4 is 23.8 Å². The Morgan fingerprint density at radius 1 is 1.69 bits per heavy atom. The molecule has 0 aromatic rings. The van der Waals surface area contributed by atoms with E-state index in [0.29, 0.717) is 6.54 Å². The van der Waals surface area contributed by atoms with Crippen LogP contribution in [-0.4, -0.2) is 45.7 Å². The predicted octanol–water partition coefficient (Wildman–Crippen LogP) is -0.0722. The summed E-state index contributed by atoms with van der Waals surface area (Å²) in [4.78, 5) is 21.9. The van der Waals surface area contributed by atoms with Crippen LogP contribution < -0.4 is 5.32 Å². The lowest BCUT2D eigenvalue weighted by atomic mass is 10.1. The summed E-state index contributed by atoms with van der Waals surface area (Å²) in [5.41, 5.74) is 0. The molecule has 0 aromatic heterocycles. The minimum atomic E-state index is -1.12. The summed E-state index contributed by atoms with van der Waals surface area (Å²) < 4.78 is 2.05. The van der Waals surface area contributed by atoms with Gasteiger partial charge in [0.25, 0.3) is 0 Å².